The maximum atomic E-state index is 12.6. The second-order valence-electron chi connectivity index (χ2n) is 5.66. The molecular formula is C15H22N2O3S. The number of thiophene rings is 1. The maximum Gasteiger partial charge on any atom is 0.331 e. The Kier molecular flexibility index (Phi) is 4.88. The summed E-state index contributed by atoms with van der Waals surface area (Å²) in [5.41, 5.74) is 0.768. The van der Waals surface area contributed by atoms with Crippen LogP contribution in [0, 0.1) is 5.92 Å². The van der Waals surface area contributed by atoms with Gasteiger partial charge < -0.3 is 14.9 Å². The summed E-state index contributed by atoms with van der Waals surface area (Å²) in [6.07, 6.45) is 1.73. The van der Waals surface area contributed by atoms with Crippen molar-refractivity contribution in [3.8, 4) is 0 Å². The predicted molar refractivity (Wildman–Crippen MR) is 82.6 cm³/mol. The number of hydrogen-bond acceptors (Lipinski definition) is 3. The van der Waals surface area contributed by atoms with E-state index in [0.29, 0.717) is 19.0 Å². The third kappa shape index (κ3) is 3.20. The highest BCUT2D eigenvalue weighted by molar-refractivity contribution is 7.10. The average Bonchev–Trinajstić information content (AvgIpc) is 2.92. The number of fused-ring (bicyclic) bond motifs is 1. The quantitative estimate of drug-likeness (QED) is 0.930. The number of carbonyl (C=O) groups excluding carboxylic acids is 1. The molecule has 1 aliphatic rings. The van der Waals surface area contributed by atoms with Gasteiger partial charge in [0, 0.05) is 25.0 Å². The first-order valence-corrected chi connectivity index (χ1v) is 8.14. The summed E-state index contributed by atoms with van der Waals surface area (Å²) in [5, 5.41) is 11.4. The largest absolute Gasteiger partial charge is 0.479 e. The van der Waals surface area contributed by atoms with Gasteiger partial charge in [0.25, 0.3) is 0 Å². The molecule has 0 radical (unpaired) electrons. The summed E-state index contributed by atoms with van der Waals surface area (Å²) in [7, 11) is 1.75. The minimum absolute atomic E-state index is 0.195. The fourth-order valence-electron chi connectivity index (χ4n) is 2.68. The molecule has 2 rings (SSSR count). The van der Waals surface area contributed by atoms with Crippen molar-refractivity contribution >= 4 is 23.3 Å². The third-order valence-corrected chi connectivity index (χ3v) is 5.05. The Bertz CT molecular complexity index is 529. The van der Waals surface area contributed by atoms with Crippen molar-refractivity contribution < 1.29 is 14.7 Å². The highest BCUT2D eigenvalue weighted by Crippen LogP contribution is 2.34. The van der Waals surface area contributed by atoms with Crippen molar-refractivity contribution in [1.82, 2.24) is 9.80 Å². The number of aliphatic carboxylic acids is 1. The molecule has 1 aromatic heterocycles. The van der Waals surface area contributed by atoms with Crippen molar-refractivity contribution in [3.05, 3.63) is 21.9 Å². The second kappa shape index (κ2) is 6.47. The van der Waals surface area contributed by atoms with Crippen LogP contribution in [-0.4, -0.2) is 47.0 Å². The molecule has 1 N–H and O–H groups in total. The summed E-state index contributed by atoms with van der Waals surface area (Å²) in [6, 6.07) is 0.777. The lowest BCUT2D eigenvalue weighted by Crippen LogP contribution is -2.49. The number of nitrogens with zero attached hydrogens (tertiary/aromatic N) is 2. The van der Waals surface area contributed by atoms with E-state index < -0.39 is 12.0 Å². The molecule has 0 aromatic carbocycles. The molecule has 21 heavy (non-hydrogen) atoms. The molecule has 2 heterocycles. The molecule has 0 aliphatic carbocycles. The van der Waals surface area contributed by atoms with Gasteiger partial charge in [-0.15, -0.1) is 11.3 Å². The summed E-state index contributed by atoms with van der Waals surface area (Å²) in [5.74, 6) is -0.552. The highest BCUT2D eigenvalue weighted by atomic mass is 32.1. The second-order valence-corrected chi connectivity index (χ2v) is 6.66. The zero-order valence-electron chi connectivity index (χ0n) is 12.7. The molecule has 2 unspecified atom stereocenters. The Hall–Kier alpha value is -1.56. The molecule has 0 saturated heterocycles. The Labute approximate surface area is 129 Å². The molecular weight excluding hydrogens is 288 g/mol. The van der Waals surface area contributed by atoms with Gasteiger partial charge in [0.1, 0.15) is 0 Å². The SMILES string of the molecule is CCC(C)CN(C)C(=O)N1CCc2sccc2C1C(=O)O. The highest BCUT2D eigenvalue weighted by Gasteiger charge is 2.37. The molecule has 0 spiro atoms. The Morgan fingerprint density at radius 3 is 2.90 bits per heavy atom. The number of urea groups is 1. The molecule has 2 amide bonds. The fraction of sp³-hybridized carbons (Fsp3) is 0.600. The Morgan fingerprint density at radius 2 is 2.29 bits per heavy atom. The van der Waals surface area contributed by atoms with Gasteiger partial charge in [0.05, 0.1) is 0 Å². The molecule has 0 fully saturated rings. The van der Waals surface area contributed by atoms with E-state index in [2.05, 4.69) is 13.8 Å². The van der Waals surface area contributed by atoms with Gasteiger partial charge in [-0.1, -0.05) is 20.3 Å². The molecule has 0 bridgehead atoms. The lowest BCUT2D eigenvalue weighted by Gasteiger charge is -2.36. The predicted octanol–water partition coefficient (Wildman–Crippen LogP) is 2.83. The summed E-state index contributed by atoms with van der Waals surface area (Å²) < 4.78 is 0. The van der Waals surface area contributed by atoms with E-state index in [4.69, 9.17) is 0 Å². The van der Waals surface area contributed by atoms with Crippen molar-refractivity contribution in [3.63, 3.8) is 0 Å². The molecule has 0 saturated carbocycles. The van der Waals surface area contributed by atoms with Crippen LogP contribution in [-0.2, 0) is 11.2 Å². The standard InChI is InChI=1S/C15H22N2O3S/c1-4-10(2)9-16(3)15(20)17-7-5-12-11(6-8-21-12)13(17)14(18)19/h6,8,10,13H,4-5,7,9H2,1-3H3,(H,18,19). The monoisotopic (exact) mass is 310 g/mol. The van der Waals surface area contributed by atoms with Crippen LogP contribution in [0.3, 0.4) is 0 Å². The van der Waals surface area contributed by atoms with Gasteiger partial charge in [0.2, 0.25) is 0 Å². The minimum Gasteiger partial charge on any atom is -0.479 e. The number of carbonyl (C=O) groups is 2. The molecule has 1 aromatic rings. The first-order valence-electron chi connectivity index (χ1n) is 7.26. The normalized spacial score (nSPS) is 19.0. The van der Waals surface area contributed by atoms with E-state index in [1.165, 1.54) is 4.90 Å². The van der Waals surface area contributed by atoms with Crippen LogP contribution in [0.5, 0.6) is 0 Å². The fourth-order valence-corrected chi connectivity index (χ4v) is 3.59. The van der Waals surface area contributed by atoms with Crippen LogP contribution in [0.25, 0.3) is 0 Å². The van der Waals surface area contributed by atoms with Crippen LogP contribution in [0.15, 0.2) is 11.4 Å². The zero-order chi connectivity index (χ0) is 15.6. The maximum absolute atomic E-state index is 12.6. The third-order valence-electron chi connectivity index (χ3n) is 4.05. The van der Waals surface area contributed by atoms with Gasteiger partial charge in [-0.25, -0.2) is 9.59 Å². The molecule has 1 aliphatic heterocycles. The van der Waals surface area contributed by atoms with E-state index in [1.54, 1.807) is 23.3 Å². The van der Waals surface area contributed by atoms with E-state index in [-0.39, 0.29) is 6.03 Å². The van der Waals surface area contributed by atoms with Crippen LogP contribution in [0.4, 0.5) is 4.79 Å². The lowest BCUT2D eigenvalue weighted by molar-refractivity contribution is -0.143. The number of hydrogen-bond donors (Lipinski definition) is 1. The van der Waals surface area contributed by atoms with Gasteiger partial charge in [-0.2, -0.15) is 0 Å². The van der Waals surface area contributed by atoms with Crippen molar-refractivity contribution in [1.29, 1.82) is 0 Å². The van der Waals surface area contributed by atoms with Gasteiger partial charge in [-0.3, -0.25) is 0 Å². The number of carboxylic acid groups (broad SMARTS) is 1. The lowest BCUT2D eigenvalue weighted by atomic mass is 10.0. The van der Waals surface area contributed by atoms with Gasteiger partial charge in [0.15, 0.2) is 6.04 Å². The zero-order valence-corrected chi connectivity index (χ0v) is 13.5. The van der Waals surface area contributed by atoms with Crippen LogP contribution in [0.2, 0.25) is 0 Å². The van der Waals surface area contributed by atoms with Gasteiger partial charge in [-0.05, 0) is 29.3 Å². The van der Waals surface area contributed by atoms with E-state index in [0.717, 1.165) is 23.3 Å². The summed E-state index contributed by atoms with van der Waals surface area (Å²) in [6.45, 7) is 5.29. The number of amides is 2. The minimum atomic E-state index is -0.959. The van der Waals surface area contributed by atoms with Crippen molar-refractivity contribution in [2.45, 2.75) is 32.7 Å². The Morgan fingerprint density at radius 1 is 1.57 bits per heavy atom. The number of carboxylic acids is 1. The van der Waals surface area contributed by atoms with Gasteiger partial charge >= 0.3 is 12.0 Å². The molecule has 116 valence electrons. The molecule has 6 heteroatoms. The van der Waals surface area contributed by atoms with Crippen LogP contribution < -0.4 is 0 Å². The Balaban J connectivity index is 2.19. The molecule has 2 atom stereocenters. The van der Waals surface area contributed by atoms with Crippen LogP contribution in [0.1, 0.15) is 36.8 Å². The molecule has 5 nitrogen and oxygen atoms in total. The summed E-state index contributed by atoms with van der Waals surface area (Å²) >= 11 is 1.57. The van der Waals surface area contributed by atoms with Crippen molar-refractivity contribution in [2.75, 3.05) is 20.1 Å². The number of rotatable bonds is 4. The van der Waals surface area contributed by atoms with E-state index in [9.17, 15) is 14.7 Å². The van der Waals surface area contributed by atoms with E-state index >= 15 is 0 Å². The summed E-state index contributed by atoms with van der Waals surface area (Å²) in [4.78, 5) is 28.4. The topological polar surface area (TPSA) is 60.9 Å². The van der Waals surface area contributed by atoms with Crippen LogP contribution >= 0.6 is 11.3 Å². The average molecular weight is 310 g/mol. The smallest absolute Gasteiger partial charge is 0.331 e. The van der Waals surface area contributed by atoms with Crippen molar-refractivity contribution in [2.24, 2.45) is 5.92 Å². The first-order chi connectivity index (χ1) is 9.95. The van der Waals surface area contributed by atoms with E-state index in [1.807, 2.05) is 11.4 Å². The first kappa shape index (κ1) is 15.8.